The third-order valence-corrected chi connectivity index (χ3v) is 4.08. The van der Waals surface area contributed by atoms with Gasteiger partial charge in [-0.3, -0.25) is 4.79 Å². The normalized spacial score (nSPS) is 13.7. The maximum Gasteiger partial charge on any atom is 0.321 e. The molecule has 8 heteroatoms. The van der Waals surface area contributed by atoms with Gasteiger partial charge in [0.1, 0.15) is 6.04 Å². The van der Waals surface area contributed by atoms with Gasteiger partial charge in [-0.15, -0.1) is 0 Å². The number of rotatable bonds is 7. The predicted molar refractivity (Wildman–Crippen MR) is 69.1 cm³/mol. The summed E-state index contributed by atoms with van der Waals surface area (Å²) in [6.45, 7) is 5.89. The van der Waals surface area contributed by atoms with Crippen LogP contribution >= 0.6 is 0 Å². The minimum absolute atomic E-state index is 0.0231. The number of sulfonamides is 1. The molecule has 7 nitrogen and oxygen atoms in total. The van der Waals surface area contributed by atoms with E-state index in [1.165, 1.54) is 17.1 Å². The molecule has 0 aliphatic rings. The van der Waals surface area contributed by atoms with Gasteiger partial charge in [-0.2, -0.15) is 4.72 Å². The van der Waals surface area contributed by atoms with Crippen molar-refractivity contribution in [1.29, 1.82) is 0 Å². The lowest BCUT2D eigenvalue weighted by atomic mass is 10.1. The summed E-state index contributed by atoms with van der Waals surface area (Å²) >= 11 is 0. The van der Waals surface area contributed by atoms with E-state index in [1.807, 2.05) is 13.8 Å². The van der Waals surface area contributed by atoms with Gasteiger partial charge in [0.15, 0.2) is 5.03 Å². The molecule has 1 aromatic heterocycles. The summed E-state index contributed by atoms with van der Waals surface area (Å²) in [5.41, 5.74) is 0. The van der Waals surface area contributed by atoms with Crippen molar-refractivity contribution in [3.63, 3.8) is 0 Å². The van der Waals surface area contributed by atoms with Crippen LogP contribution in [0, 0.1) is 5.92 Å². The average molecular weight is 289 g/mol. The standard InChI is InChI=1S/C11H19N3O4S/c1-4-14-7-12-6-10(14)19(17,18)13-9(11(15)16)5-8(2)3/h6-9,13H,4-5H2,1-3H3,(H,15,16)/t9-/m1/s1. The summed E-state index contributed by atoms with van der Waals surface area (Å²) in [7, 11) is -3.88. The smallest absolute Gasteiger partial charge is 0.321 e. The molecule has 0 amide bonds. The molecule has 0 radical (unpaired) electrons. The number of imidazole rings is 1. The van der Waals surface area contributed by atoms with Crippen molar-refractivity contribution in [3.8, 4) is 0 Å². The van der Waals surface area contributed by atoms with Crippen molar-refractivity contribution in [2.75, 3.05) is 0 Å². The molecule has 2 N–H and O–H groups in total. The van der Waals surface area contributed by atoms with Crippen LogP contribution in [0.1, 0.15) is 27.2 Å². The largest absolute Gasteiger partial charge is 0.480 e. The van der Waals surface area contributed by atoms with E-state index in [0.29, 0.717) is 6.54 Å². The van der Waals surface area contributed by atoms with E-state index in [0.717, 1.165) is 0 Å². The van der Waals surface area contributed by atoms with Gasteiger partial charge in [-0.05, 0) is 19.3 Å². The van der Waals surface area contributed by atoms with E-state index < -0.39 is 22.0 Å². The van der Waals surface area contributed by atoms with E-state index in [9.17, 15) is 13.2 Å². The lowest BCUT2D eigenvalue weighted by molar-refractivity contribution is -0.139. The van der Waals surface area contributed by atoms with Gasteiger partial charge < -0.3 is 9.67 Å². The Labute approximate surface area is 112 Å². The maximum atomic E-state index is 12.1. The van der Waals surface area contributed by atoms with Crippen molar-refractivity contribution >= 4 is 16.0 Å². The molecule has 0 saturated carbocycles. The van der Waals surface area contributed by atoms with Gasteiger partial charge in [0.25, 0.3) is 10.0 Å². The zero-order valence-electron chi connectivity index (χ0n) is 11.2. The number of aliphatic carboxylic acids is 1. The Morgan fingerprint density at radius 1 is 1.53 bits per heavy atom. The molecule has 0 saturated heterocycles. The lowest BCUT2D eigenvalue weighted by Crippen LogP contribution is -2.42. The summed E-state index contributed by atoms with van der Waals surface area (Å²) in [5, 5.41) is 9.04. The second-order valence-corrected chi connectivity index (χ2v) is 6.32. The first-order chi connectivity index (χ1) is 8.77. The second-order valence-electron chi connectivity index (χ2n) is 4.66. The van der Waals surface area contributed by atoms with Gasteiger partial charge in [0, 0.05) is 6.54 Å². The monoisotopic (exact) mass is 289 g/mol. The van der Waals surface area contributed by atoms with Gasteiger partial charge in [0.2, 0.25) is 0 Å². The third kappa shape index (κ3) is 4.03. The molecule has 108 valence electrons. The fourth-order valence-corrected chi connectivity index (χ4v) is 3.07. The highest BCUT2D eigenvalue weighted by Crippen LogP contribution is 2.12. The van der Waals surface area contributed by atoms with E-state index in [2.05, 4.69) is 9.71 Å². The zero-order chi connectivity index (χ0) is 14.6. The topological polar surface area (TPSA) is 101 Å². The van der Waals surface area contributed by atoms with Gasteiger partial charge in [0.05, 0.1) is 12.5 Å². The van der Waals surface area contributed by atoms with Crippen LogP contribution in [-0.4, -0.2) is 35.1 Å². The van der Waals surface area contributed by atoms with E-state index in [1.54, 1.807) is 6.92 Å². The first kappa shape index (κ1) is 15.6. The van der Waals surface area contributed by atoms with E-state index in [-0.39, 0.29) is 17.4 Å². The minimum atomic E-state index is -3.88. The van der Waals surface area contributed by atoms with Crippen LogP contribution in [0.25, 0.3) is 0 Å². The Bertz CT molecular complexity index is 536. The number of carboxylic acids is 1. The van der Waals surface area contributed by atoms with Crippen LogP contribution in [-0.2, 0) is 21.4 Å². The Kier molecular flexibility index (Phi) is 5.07. The third-order valence-electron chi connectivity index (χ3n) is 2.59. The SMILES string of the molecule is CCn1cncc1S(=O)(=O)N[C@H](CC(C)C)C(=O)O. The number of carboxylic acid groups (broad SMARTS) is 1. The Morgan fingerprint density at radius 2 is 2.16 bits per heavy atom. The number of hydrogen-bond acceptors (Lipinski definition) is 4. The highest BCUT2D eigenvalue weighted by molar-refractivity contribution is 7.89. The van der Waals surface area contributed by atoms with Crippen molar-refractivity contribution < 1.29 is 18.3 Å². The Morgan fingerprint density at radius 3 is 2.63 bits per heavy atom. The number of nitrogens with one attached hydrogen (secondary N) is 1. The van der Waals surface area contributed by atoms with Gasteiger partial charge in [-0.25, -0.2) is 13.4 Å². The molecule has 0 aliphatic carbocycles. The van der Waals surface area contributed by atoms with Gasteiger partial charge >= 0.3 is 5.97 Å². The summed E-state index contributed by atoms with van der Waals surface area (Å²) in [5.74, 6) is -1.11. The quantitative estimate of drug-likeness (QED) is 0.768. The number of aromatic nitrogens is 2. The highest BCUT2D eigenvalue weighted by Gasteiger charge is 2.27. The summed E-state index contributed by atoms with van der Waals surface area (Å²) in [4.78, 5) is 14.9. The van der Waals surface area contributed by atoms with Crippen LogP contribution < -0.4 is 4.72 Å². The highest BCUT2D eigenvalue weighted by atomic mass is 32.2. The number of carbonyl (C=O) groups is 1. The number of aryl methyl sites for hydroxylation is 1. The summed E-state index contributed by atoms with van der Waals surface area (Å²) in [6.07, 6.45) is 2.84. The summed E-state index contributed by atoms with van der Waals surface area (Å²) < 4.78 is 27.9. The Balaban J connectivity index is 2.97. The van der Waals surface area contributed by atoms with Gasteiger partial charge in [-0.1, -0.05) is 13.8 Å². The molecule has 0 aliphatic heterocycles. The molecule has 0 spiro atoms. The predicted octanol–water partition coefficient (Wildman–Crippen LogP) is 0.681. The minimum Gasteiger partial charge on any atom is -0.480 e. The second kappa shape index (κ2) is 6.16. The van der Waals surface area contributed by atoms with Crippen LogP contribution in [0.5, 0.6) is 0 Å². The maximum absolute atomic E-state index is 12.1. The summed E-state index contributed by atoms with van der Waals surface area (Å²) in [6, 6.07) is -1.13. The first-order valence-corrected chi connectivity index (χ1v) is 7.51. The molecule has 0 bridgehead atoms. The zero-order valence-corrected chi connectivity index (χ0v) is 12.0. The van der Waals surface area contributed by atoms with E-state index >= 15 is 0 Å². The molecule has 0 unspecified atom stereocenters. The average Bonchev–Trinajstić information content (AvgIpc) is 2.75. The molecular weight excluding hydrogens is 270 g/mol. The molecule has 0 aromatic carbocycles. The fourth-order valence-electron chi connectivity index (χ4n) is 1.69. The van der Waals surface area contributed by atoms with Crippen molar-refractivity contribution in [1.82, 2.24) is 14.3 Å². The molecule has 1 aromatic rings. The van der Waals surface area contributed by atoms with Crippen LogP contribution in [0.4, 0.5) is 0 Å². The molecule has 1 atom stereocenters. The first-order valence-electron chi connectivity index (χ1n) is 6.03. The molecule has 1 heterocycles. The van der Waals surface area contributed by atoms with E-state index in [4.69, 9.17) is 5.11 Å². The van der Waals surface area contributed by atoms with Crippen molar-refractivity contribution in [2.24, 2.45) is 5.92 Å². The fraction of sp³-hybridized carbons (Fsp3) is 0.636. The molecule has 19 heavy (non-hydrogen) atoms. The van der Waals surface area contributed by atoms with Crippen LogP contribution in [0.3, 0.4) is 0 Å². The number of hydrogen-bond donors (Lipinski definition) is 2. The molecule has 1 rings (SSSR count). The van der Waals surface area contributed by atoms with Crippen molar-refractivity contribution in [3.05, 3.63) is 12.5 Å². The number of nitrogens with zero attached hydrogens (tertiary/aromatic N) is 2. The molecular formula is C11H19N3O4S. The van der Waals surface area contributed by atoms with Crippen LogP contribution in [0.15, 0.2) is 17.6 Å². The van der Waals surface area contributed by atoms with Crippen molar-refractivity contribution in [2.45, 2.75) is 44.8 Å². The lowest BCUT2D eigenvalue weighted by Gasteiger charge is -2.16. The van der Waals surface area contributed by atoms with Crippen LogP contribution in [0.2, 0.25) is 0 Å². The Hall–Kier alpha value is -1.41. The molecule has 0 fully saturated rings.